The molecule has 4 aliphatic rings. The first kappa shape index (κ1) is 37.8. The van der Waals surface area contributed by atoms with Gasteiger partial charge in [0.1, 0.15) is 17.3 Å². The summed E-state index contributed by atoms with van der Waals surface area (Å²) >= 11 is 9.92. The number of imide groups is 2. The van der Waals surface area contributed by atoms with Crippen molar-refractivity contribution in [1.82, 2.24) is 14.7 Å². The van der Waals surface area contributed by atoms with Crippen molar-refractivity contribution in [2.75, 3.05) is 18.6 Å². The van der Waals surface area contributed by atoms with Crippen molar-refractivity contribution < 1.29 is 34.1 Å². The van der Waals surface area contributed by atoms with E-state index in [1.54, 1.807) is 59.5 Å². The maximum atomic E-state index is 15.2. The molecule has 4 amide bonds. The van der Waals surface area contributed by atoms with Crippen molar-refractivity contribution in [2.45, 2.75) is 39.0 Å². The van der Waals surface area contributed by atoms with Crippen LogP contribution >= 0.6 is 45.5 Å². The van der Waals surface area contributed by atoms with E-state index in [9.17, 15) is 24.6 Å². The van der Waals surface area contributed by atoms with Gasteiger partial charge in [-0.15, -0.1) is 11.3 Å². The lowest BCUT2D eigenvalue weighted by atomic mass is 9.51. The Hall–Kier alpha value is -4.73. The van der Waals surface area contributed by atoms with Gasteiger partial charge in [-0.05, 0) is 126 Å². The summed E-state index contributed by atoms with van der Waals surface area (Å²) in [4.78, 5) is 62.1. The van der Waals surface area contributed by atoms with Crippen LogP contribution in [-0.2, 0) is 32.6 Å². The molecular formula is C43H38ClIN4O7S. The van der Waals surface area contributed by atoms with Crippen LogP contribution in [0.1, 0.15) is 42.4 Å². The van der Waals surface area contributed by atoms with Gasteiger partial charge in [0.25, 0.3) is 0 Å². The Labute approximate surface area is 351 Å². The van der Waals surface area contributed by atoms with E-state index in [1.807, 2.05) is 66.8 Å². The molecule has 0 unspecified atom stereocenters. The lowest BCUT2D eigenvalue weighted by molar-refractivity contribution is -0.140. The molecule has 0 bridgehead atoms. The Morgan fingerprint density at radius 1 is 1.00 bits per heavy atom. The number of phenolic OH excluding ortho intramolecular Hbond substituents is 2. The number of halogens is 2. The molecule has 6 atom stereocenters. The van der Waals surface area contributed by atoms with Crippen LogP contribution in [0.4, 0.5) is 5.82 Å². The van der Waals surface area contributed by atoms with Crippen molar-refractivity contribution >= 4 is 85.1 Å². The Kier molecular flexibility index (Phi) is 9.09. The fourth-order valence-corrected chi connectivity index (χ4v) is 11.9. The van der Waals surface area contributed by atoms with Crippen molar-refractivity contribution in [3.63, 3.8) is 0 Å². The summed E-state index contributed by atoms with van der Waals surface area (Å²) in [7, 11) is 3.18. The number of ether oxygens (including phenoxy) is 1. The summed E-state index contributed by atoms with van der Waals surface area (Å²) in [6.07, 6.45) is 2.97. The standard InChI is InChI=1S/C43H38ClIN4O7S/c1-20-27-17-23(44)7-12-33(27)57-38(20)31-19-34(47(3)46-31)49-40(53)29-18-28-25(36(43(29,2)42(49)55)22-15-30(45)37(51)32(16-22)56-4)10-11-26-35(28)41(54)48(39(26)52)14-13-21-5-8-24(50)9-6-21/h5-10,12,15-17,19,26,28-29,35-36,50-51H,11,13-14,18H2,1-4H3/t26-,28+,29-,35-,36-,43+/m0/s1. The molecule has 2 N–H and O–H groups in total. The SMILES string of the molecule is COc1cc([C@H]2C3=CC[C@@H]4C(=O)N(CCc5ccc(O)cc5)C(=O)[C@@H]4[C@@H]3C[C@H]3C(=O)N(c4cc(-c5sc6ccc(Cl)cc6c5C)nn4C)C(=O)[C@@]23C)cc(I)c1O. The van der Waals surface area contributed by atoms with E-state index in [4.69, 9.17) is 21.4 Å². The van der Waals surface area contributed by atoms with Gasteiger partial charge in [0.2, 0.25) is 23.6 Å². The van der Waals surface area contributed by atoms with Crippen LogP contribution in [0.5, 0.6) is 17.2 Å². The summed E-state index contributed by atoms with van der Waals surface area (Å²) in [5.41, 5.74) is 2.72. The number of aromatic nitrogens is 2. The van der Waals surface area contributed by atoms with E-state index in [-0.39, 0.29) is 53.8 Å². The van der Waals surface area contributed by atoms with Crippen LogP contribution in [-0.4, -0.2) is 62.2 Å². The van der Waals surface area contributed by atoms with E-state index < -0.39 is 35.0 Å². The maximum Gasteiger partial charge on any atom is 0.242 e. The molecule has 5 aromatic rings. The van der Waals surface area contributed by atoms with Gasteiger partial charge < -0.3 is 14.9 Å². The minimum Gasteiger partial charge on any atom is -0.508 e. The average molecular weight is 917 g/mol. The number of aryl methyl sites for hydroxylation is 2. The molecule has 2 aliphatic carbocycles. The van der Waals surface area contributed by atoms with Crippen LogP contribution in [0.25, 0.3) is 20.7 Å². The van der Waals surface area contributed by atoms with Crippen LogP contribution < -0.4 is 9.64 Å². The maximum absolute atomic E-state index is 15.2. The number of anilines is 1. The molecule has 0 radical (unpaired) electrons. The van der Waals surface area contributed by atoms with Crippen molar-refractivity contribution in [3.05, 3.63) is 97.6 Å². The predicted molar refractivity (Wildman–Crippen MR) is 224 cm³/mol. The quantitative estimate of drug-likeness (QED) is 0.0960. The molecule has 2 aromatic heterocycles. The second-order valence-corrected chi connectivity index (χ2v) is 18.3. The number of aromatic hydroxyl groups is 2. The third-order valence-electron chi connectivity index (χ3n) is 12.7. The molecule has 292 valence electrons. The number of allylic oxidation sites excluding steroid dienone is 2. The number of hydrogen-bond donors (Lipinski definition) is 2. The molecular weight excluding hydrogens is 879 g/mol. The van der Waals surface area contributed by atoms with Crippen molar-refractivity contribution in [3.8, 4) is 27.8 Å². The number of fused-ring (bicyclic) bond motifs is 5. The first-order valence-electron chi connectivity index (χ1n) is 18.7. The molecule has 2 aliphatic heterocycles. The summed E-state index contributed by atoms with van der Waals surface area (Å²) in [5, 5.41) is 27.1. The second kappa shape index (κ2) is 13.7. The Balaban J connectivity index is 1.12. The van der Waals surface area contributed by atoms with Crippen molar-refractivity contribution in [2.24, 2.45) is 36.1 Å². The summed E-state index contributed by atoms with van der Waals surface area (Å²) in [6.45, 7) is 4.03. The van der Waals surface area contributed by atoms with Gasteiger partial charge >= 0.3 is 0 Å². The lowest BCUT2D eigenvalue weighted by Gasteiger charge is -2.49. The van der Waals surface area contributed by atoms with E-state index in [1.165, 1.54) is 16.9 Å². The van der Waals surface area contributed by atoms with Crippen LogP contribution in [0.3, 0.4) is 0 Å². The van der Waals surface area contributed by atoms with Crippen LogP contribution in [0.15, 0.2) is 72.3 Å². The molecule has 0 spiro atoms. The molecule has 9 rings (SSSR count). The third-order valence-corrected chi connectivity index (χ3v) is 15.1. The zero-order valence-electron chi connectivity index (χ0n) is 31.5. The number of phenols is 2. The molecule has 3 fully saturated rings. The topological polar surface area (TPSA) is 142 Å². The summed E-state index contributed by atoms with van der Waals surface area (Å²) in [6, 6.07) is 17.7. The number of nitrogens with zero attached hydrogens (tertiary/aromatic N) is 4. The number of benzene rings is 3. The number of carbonyl (C=O) groups is 4. The number of methoxy groups -OCH3 is 1. The number of rotatable bonds is 7. The van der Waals surface area contributed by atoms with Gasteiger partial charge in [-0.3, -0.25) is 28.8 Å². The largest absolute Gasteiger partial charge is 0.508 e. The second-order valence-electron chi connectivity index (χ2n) is 15.7. The monoisotopic (exact) mass is 916 g/mol. The average Bonchev–Trinajstić information content (AvgIpc) is 3.85. The van der Waals surface area contributed by atoms with Crippen LogP contribution in [0, 0.1) is 39.6 Å². The third kappa shape index (κ3) is 5.66. The van der Waals surface area contributed by atoms with Gasteiger partial charge in [0.05, 0.1) is 38.7 Å². The van der Waals surface area contributed by atoms with Gasteiger partial charge in [0, 0.05) is 35.3 Å². The number of carbonyl (C=O) groups excluding carboxylic acids is 4. The van der Waals surface area contributed by atoms with Crippen molar-refractivity contribution in [1.29, 1.82) is 0 Å². The van der Waals surface area contributed by atoms with Gasteiger partial charge in [-0.1, -0.05) is 35.4 Å². The fraction of sp³-hybridized carbons (Fsp3) is 0.326. The molecule has 1 saturated carbocycles. The molecule has 57 heavy (non-hydrogen) atoms. The number of thiophene rings is 1. The first-order chi connectivity index (χ1) is 27.2. The summed E-state index contributed by atoms with van der Waals surface area (Å²) < 4.78 is 8.70. The van der Waals surface area contributed by atoms with Gasteiger partial charge in [-0.2, -0.15) is 5.10 Å². The smallest absolute Gasteiger partial charge is 0.242 e. The number of hydrogen-bond acceptors (Lipinski definition) is 9. The highest BCUT2D eigenvalue weighted by atomic mass is 127. The lowest BCUT2D eigenvalue weighted by Crippen LogP contribution is -2.49. The Morgan fingerprint density at radius 3 is 2.49 bits per heavy atom. The summed E-state index contributed by atoms with van der Waals surface area (Å²) in [5.74, 6) is -3.92. The normalized spacial score (nSPS) is 25.6. The Bertz CT molecular complexity index is 2600. The Morgan fingerprint density at radius 2 is 1.75 bits per heavy atom. The highest BCUT2D eigenvalue weighted by Gasteiger charge is 2.68. The molecule has 11 nitrogen and oxygen atoms in total. The molecule has 3 aromatic carbocycles. The zero-order chi connectivity index (χ0) is 40.2. The minimum atomic E-state index is -1.30. The highest BCUT2D eigenvalue weighted by Crippen LogP contribution is 2.64. The molecule has 2 saturated heterocycles. The first-order valence-corrected chi connectivity index (χ1v) is 21.0. The van der Waals surface area contributed by atoms with E-state index in [2.05, 4.69) is 0 Å². The number of amides is 4. The fourth-order valence-electron chi connectivity index (χ4n) is 9.93. The van der Waals surface area contributed by atoms with Crippen LogP contribution in [0.2, 0.25) is 5.02 Å². The van der Waals surface area contributed by atoms with E-state index in [0.29, 0.717) is 38.5 Å². The van der Waals surface area contributed by atoms with E-state index in [0.717, 1.165) is 31.7 Å². The molecule has 4 heterocycles. The van der Waals surface area contributed by atoms with E-state index >= 15 is 4.79 Å². The highest BCUT2D eigenvalue weighted by molar-refractivity contribution is 14.1. The van der Waals surface area contributed by atoms with Gasteiger partial charge in [-0.25, -0.2) is 4.90 Å². The minimum absolute atomic E-state index is 0.0360. The number of likely N-dealkylation sites (tertiary alicyclic amines) is 1. The molecule has 14 heteroatoms. The van der Waals surface area contributed by atoms with Gasteiger partial charge in [0.15, 0.2) is 11.5 Å². The zero-order valence-corrected chi connectivity index (χ0v) is 35.2. The predicted octanol–water partition coefficient (Wildman–Crippen LogP) is 7.76.